The third-order valence-electron chi connectivity index (χ3n) is 3.10. The molecule has 0 saturated heterocycles. The number of ether oxygens (including phenoxy) is 1. The third-order valence-corrected chi connectivity index (χ3v) is 5.12. The fourth-order valence-electron chi connectivity index (χ4n) is 1.82. The maximum atomic E-state index is 5.44. The van der Waals surface area contributed by atoms with Crippen LogP contribution in [-0.4, -0.2) is 24.4 Å². The van der Waals surface area contributed by atoms with Gasteiger partial charge in [0.15, 0.2) is 4.34 Å². The molecule has 2 aromatic rings. The Hall–Kier alpha value is -1.11. The first kappa shape index (κ1) is 15.3. The van der Waals surface area contributed by atoms with Crippen molar-refractivity contribution in [1.82, 2.24) is 15.5 Å². The summed E-state index contributed by atoms with van der Waals surface area (Å²) in [5.74, 6) is 1.76. The monoisotopic (exact) mass is 309 g/mol. The first-order chi connectivity index (χ1) is 9.63. The van der Waals surface area contributed by atoms with E-state index in [0.29, 0.717) is 6.04 Å². The zero-order valence-electron chi connectivity index (χ0n) is 12.1. The summed E-state index contributed by atoms with van der Waals surface area (Å²) in [7, 11) is 3.67. The molecule has 6 heteroatoms. The van der Waals surface area contributed by atoms with Gasteiger partial charge in [-0.3, -0.25) is 0 Å². The lowest BCUT2D eigenvalue weighted by Gasteiger charge is -2.14. The smallest absolute Gasteiger partial charge is 0.174 e. The van der Waals surface area contributed by atoms with Crippen LogP contribution in [0, 0.1) is 6.92 Å². The minimum atomic E-state index is 0.327. The van der Waals surface area contributed by atoms with Crippen LogP contribution in [0.15, 0.2) is 22.5 Å². The number of rotatable bonds is 6. The van der Waals surface area contributed by atoms with E-state index in [4.69, 9.17) is 4.74 Å². The van der Waals surface area contributed by atoms with Crippen LogP contribution in [0.25, 0.3) is 0 Å². The molecule has 1 aromatic heterocycles. The Morgan fingerprint density at radius 3 is 2.80 bits per heavy atom. The molecule has 0 aliphatic heterocycles. The zero-order valence-corrected chi connectivity index (χ0v) is 13.8. The molecule has 0 spiro atoms. The molecule has 0 bridgehead atoms. The fourth-order valence-corrected chi connectivity index (χ4v) is 3.62. The van der Waals surface area contributed by atoms with E-state index in [2.05, 4.69) is 34.6 Å². The molecule has 0 saturated carbocycles. The van der Waals surface area contributed by atoms with Crippen molar-refractivity contribution >= 4 is 23.1 Å². The summed E-state index contributed by atoms with van der Waals surface area (Å²) < 4.78 is 6.44. The van der Waals surface area contributed by atoms with E-state index in [1.165, 1.54) is 11.1 Å². The molecule has 1 atom stereocenters. The third kappa shape index (κ3) is 3.71. The second-order valence-electron chi connectivity index (χ2n) is 4.46. The van der Waals surface area contributed by atoms with Gasteiger partial charge in [0.1, 0.15) is 10.8 Å². The minimum Gasteiger partial charge on any atom is -0.496 e. The SMILES string of the molecule is CNC(C)c1ccc(OC)c(CSc2nnc(C)s2)c1. The highest BCUT2D eigenvalue weighted by molar-refractivity contribution is 8.00. The second-order valence-corrected chi connectivity index (χ2v) is 6.86. The van der Waals surface area contributed by atoms with Gasteiger partial charge in [0.25, 0.3) is 0 Å². The summed E-state index contributed by atoms with van der Waals surface area (Å²) >= 11 is 3.32. The van der Waals surface area contributed by atoms with Gasteiger partial charge in [-0.15, -0.1) is 10.2 Å². The lowest BCUT2D eigenvalue weighted by molar-refractivity contribution is 0.411. The first-order valence-electron chi connectivity index (χ1n) is 6.41. The predicted molar refractivity (Wildman–Crippen MR) is 84.7 cm³/mol. The Morgan fingerprint density at radius 2 is 2.20 bits per heavy atom. The first-order valence-corrected chi connectivity index (χ1v) is 8.21. The number of hydrogen-bond acceptors (Lipinski definition) is 6. The predicted octanol–water partition coefficient (Wildman–Crippen LogP) is 3.43. The number of hydrogen-bond donors (Lipinski definition) is 1. The van der Waals surface area contributed by atoms with E-state index >= 15 is 0 Å². The Labute approximate surface area is 128 Å². The fraction of sp³-hybridized carbons (Fsp3) is 0.429. The molecule has 1 N–H and O–H groups in total. The summed E-state index contributed by atoms with van der Waals surface area (Å²) in [5, 5.41) is 12.4. The Morgan fingerprint density at radius 1 is 1.40 bits per heavy atom. The summed E-state index contributed by atoms with van der Waals surface area (Å²) in [6.45, 7) is 4.12. The summed E-state index contributed by atoms with van der Waals surface area (Å²) in [4.78, 5) is 0. The van der Waals surface area contributed by atoms with E-state index in [1.807, 2.05) is 20.0 Å². The highest BCUT2D eigenvalue weighted by Gasteiger charge is 2.10. The van der Waals surface area contributed by atoms with Gasteiger partial charge in [0.05, 0.1) is 7.11 Å². The highest BCUT2D eigenvalue weighted by atomic mass is 32.2. The Bertz CT molecular complexity index is 571. The standard InChI is InChI=1S/C14H19N3OS2/c1-9(15-3)11-5-6-13(18-4)12(7-11)8-19-14-17-16-10(2)20-14/h5-7,9,15H,8H2,1-4H3. The number of nitrogens with one attached hydrogen (secondary N) is 1. The van der Waals surface area contributed by atoms with Crippen LogP contribution in [0.1, 0.15) is 29.1 Å². The summed E-state index contributed by atoms with van der Waals surface area (Å²) in [5.41, 5.74) is 2.45. The number of aromatic nitrogens is 2. The molecule has 0 aliphatic carbocycles. The van der Waals surface area contributed by atoms with Crippen LogP contribution in [-0.2, 0) is 5.75 Å². The molecule has 0 amide bonds. The van der Waals surface area contributed by atoms with Crippen molar-refractivity contribution in [2.75, 3.05) is 14.2 Å². The molecule has 4 nitrogen and oxygen atoms in total. The van der Waals surface area contributed by atoms with Crippen LogP contribution in [0.3, 0.4) is 0 Å². The van der Waals surface area contributed by atoms with Gasteiger partial charge < -0.3 is 10.1 Å². The topological polar surface area (TPSA) is 47.0 Å². The molecule has 1 unspecified atom stereocenters. The van der Waals surface area contributed by atoms with Crippen LogP contribution >= 0.6 is 23.1 Å². The van der Waals surface area contributed by atoms with Gasteiger partial charge in [-0.1, -0.05) is 29.2 Å². The molecule has 0 fully saturated rings. The lowest BCUT2D eigenvalue weighted by Crippen LogP contribution is -2.12. The molecule has 0 aliphatic rings. The van der Waals surface area contributed by atoms with Crippen molar-refractivity contribution in [1.29, 1.82) is 0 Å². The number of benzene rings is 1. The van der Waals surface area contributed by atoms with E-state index < -0.39 is 0 Å². The maximum Gasteiger partial charge on any atom is 0.174 e. The number of thioether (sulfide) groups is 1. The van der Waals surface area contributed by atoms with Crippen LogP contribution in [0.2, 0.25) is 0 Å². The van der Waals surface area contributed by atoms with Crippen LogP contribution in [0.5, 0.6) is 5.75 Å². The van der Waals surface area contributed by atoms with Gasteiger partial charge in [0.2, 0.25) is 0 Å². The number of nitrogens with zero attached hydrogens (tertiary/aromatic N) is 2. The van der Waals surface area contributed by atoms with Crippen molar-refractivity contribution in [2.45, 2.75) is 30.0 Å². The Kier molecular flexibility index (Phi) is 5.39. The van der Waals surface area contributed by atoms with Crippen LogP contribution in [0.4, 0.5) is 0 Å². The lowest BCUT2D eigenvalue weighted by atomic mass is 10.1. The summed E-state index contributed by atoms with van der Waals surface area (Å²) in [6.07, 6.45) is 0. The highest BCUT2D eigenvalue weighted by Crippen LogP contribution is 2.31. The van der Waals surface area contributed by atoms with Crippen molar-refractivity contribution in [3.05, 3.63) is 34.3 Å². The minimum absolute atomic E-state index is 0.327. The molecular formula is C14H19N3OS2. The molecule has 20 heavy (non-hydrogen) atoms. The molecule has 0 radical (unpaired) electrons. The van der Waals surface area contributed by atoms with E-state index in [0.717, 1.165) is 20.8 Å². The molecule has 2 rings (SSSR count). The van der Waals surface area contributed by atoms with Gasteiger partial charge in [-0.2, -0.15) is 0 Å². The molecule has 108 valence electrons. The quantitative estimate of drug-likeness (QED) is 0.828. The average Bonchev–Trinajstić information content (AvgIpc) is 2.89. The largest absolute Gasteiger partial charge is 0.496 e. The molecule has 1 aromatic carbocycles. The number of aryl methyl sites for hydroxylation is 1. The van der Waals surface area contributed by atoms with E-state index in [1.54, 1.807) is 30.2 Å². The van der Waals surface area contributed by atoms with Gasteiger partial charge in [-0.05, 0) is 38.6 Å². The zero-order chi connectivity index (χ0) is 14.5. The molecule has 1 heterocycles. The van der Waals surface area contributed by atoms with E-state index in [-0.39, 0.29) is 0 Å². The number of methoxy groups -OCH3 is 1. The van der Waals surface area contributed by atoms with Crippen molar-refractivity contribution in [2.24, 2.45) is 0 Å². The summed E-state index contributed by atoms with van der Waals surface area (Å²) in [6, 6.07) is 6.66. The second kappa shape index (κ2) is 7.06. The van der Waals surface area contributed by atoms with Crippen molar-refractivity contribution < 1.29 is 4.74 Å². The van der Waals surface area contributed by atoms with Crippen molar-refractivity contribution in [3.63, 3.8) is 0 Å². The van der Waals surface area contributed by atoms with E-state index in [9.17, 15) is 0 Å². The van der Waals surface area contributed by atoms with Crippen LogP contribution < -0.4 is 10.1 Å². The van der Waals surface area contributed by atoms with Gasteiger partial charge >= 0.3 is 0 Å². The van der Waals surface area contributed by atoms with Crippen molar-refractivity contribution in [3.8, 4) is 5.75 Å². The average molecular weight is 309 g/mol. The van der Waals surface area contributed by atoms with Gasteiger partial charge in [0, 0.05) is 17.4 Å². The van der Waals surface area contributed by atoms with Gasteiger partial charge in [-0.25, -0.2) is 0 Å². The molecular weight excluding hydrogens is 290 g/mol. The maximum absolute atomic E-state index is 5.44. The normalized spacial score (nSPS) is 12.4. The Balaban J connectivity index is 2.15.